The minimum Gasteiger partial charge on any atom is -0.316 e. The number of rotatable bonds is 4. The molecule has 1 heterocycles. The van der Waals surface area contributed by atoms with Gasteiger partial charge >= 0.3 is 0 Å². The van der Waals surface area contributed by atoms with Gasteiger partial charge in [-0.15, -0.1) is 11.3 Å². The highest BCUT2D eigenvalue weighted by molar-refractivity contribution is 7.09. The van der Waals surface area contributed by atoms with E-state index in [2.05, 4.69) is 31.1 Å². The van der Waals surface area contributed by atoms with Gasteiger partial charge in [0.05, 0.1) is 5.01 Å². The summed E-state index contributed by atoms with van der Waals surface area (Å²) < 4.78 is 0. The van der Waals surface area contributed by atoms with Crippen molar-refractivity contribution < 1.29 is 0 Å². The van der Waals surface area contributed by atoms with E-state index >= 15 is 0 Å². The fraction of sp³-hybridized carbons (Fsp3) is 0.700. The van der Waals surface area contributed by atoms with Crippen molar-refractivity contribution in [2.45, 2.75) is 27.2 Å². The lowest BCUT2D eigenvalue weighted by Crippen LogP contribution is -2.28. The molecule has 0 unspecified atom stereocenters. The second kappa shape index (κ2) is 4.72. The Kier molecular flexibility index (Phi) is 3.88. The predicted octanol–water partition coefficient (Wildman–Crippen LogP) is 2.32. The van der Waals surface area contributed by atoms with Gasteiger partial charge in [-0.25, -0.2) is 4.98 Å². The molecule has 0 saturated carbocycles. The molecular weight excluding hydrogens is 180 g/mol. The quantitative estimate of drug-likeness (QED) is 0.751. The van der Waals surface area contributed by atoms with Crippen molar-refractivity contribution in [2.24, 2.45) is 5.41 Å². The van der Waals surface area contributed by atoms with E-state index in [0.717, 1.165) is 19.5 Å². The minimum absolute atomic E-state index is 0.378. The normalized spacial score (nSPS) is 11.9. The first-order chi connectivity index (χ1) is 6.08. The van der Waals surface area contributed by atoms with E-state index in [0.29, 0.717) is 5.41 Å². The molecule has 13 heavy (non-hydrogen) atoms. The number of nitrogens with one attached hydrogen (secondary N) is 1. The van der Waals surface area contributed by atoms with Crippen molar-refractivity contribution in [1.29, 1.82) is 0 Å². The Hall–Kier alpha value is -0.410. The van der Waals surface area contributed by atoms with Crippen molar-refractivity contribution in [3.63, 3.8) is 0 Å². The van der Waals surface area contributed by atoms with Gasteiger partial charge in [0, 0.05) is 31.1 Å². The minimum atomic E-state index is 0.378. The van der Waals surface area contributed by atoms with Gasteiger partial charge in [0.25, 0.3) is 0 Å². The molecule has 0 aliphatic heterocycles. The summed E-state index contributed by atoms with van der Waals surface area (Å²) in [5.74, 6) is 0. The summed E-state index contributed by atoms with van der Waals surface area (Å²) in [4.78, 5) is 4.23. The summed E-state index contributed by atoms with van der Waals surface area (Å²) in [6.07, 6.45) is 2.91. The molecule has 1 N–H and O–H groups in total. The average molecular weight is 198 g/mol. The summed E-state index contributed by atoms with van der Waals surface area (Å²) in [7, 11) is 0. The molecule has 0 atom stereocenters. The lowest BCUT2D eigenvalue weighted by atomic mass is 9.97. The Balaban J connectivity index is 2.09. The van der Waals surface area contributed by atoms with Crippen LogP contribution >= 0.6 is 11.3 Å². The Morgan fingerprint density at radius 2 is 2.23 bits per heavy atom. The van der Waals surface area contributed by atoms with Crippen molar-refractivity contribution in [1.82, 2.24) is 10.3 Å². The molecule has 0 radical (unpaired) electrons. The molecule has 0 saturated heterocycles. The van der Waals surface area contributed by atoms with Crippen molar-refractivity contribution in [2.75, 3.05) is 13.1 Å². The van der Waals surface area contributed by atoms with E-state index in [1.807, 2.05) is 11.6 Å². The highest BCUT2D eigenvalue weighted by Crippen LogP contribution is 2.10. The molecule has 0 bridgehead atoms. The van der Waals surface area contributed by atoms with Crippen LogP contribution in [0.4, 0.5) is 0 Å². The second-order valence-electron chi connectivity index (χ2n) is 4.41. The lowest BCUT2D eigenvalue weighted by Gasteiger charge is -2.18. The first kappa shape index (κ1) is 10.7. The Morgan fingerprint density at radius 3 is 2.77 bits per heavy atom. The number of hydrogen-bond donors (Lipinski definition) is 1. The van der Waals surface area contributed by atoms with Gasteiger partial charge in [-0.3, -0.25) is 0 Å². The molecule has 0 aliphatic carbocycles. The van der Waals surface area contributed by atoms with Crippen molar-refractivity contribution in [3.05, 3.63) is 16.6 Å². The van der Waals surface area contributed by atoms with Crippen molar-refractivity contribution in [3.8, 4) is 0 Å². The Labute approximate surface area is 84.4 Å². The molecular formula is C10H18N2S. The van der Waals surface area contributed by atoms with Crippen LogP contribution in [0.15, 0.2) is 11.6 Å². The highest BCUT2D eigenvalue weighted by atomic mass is 32.1. The maximum absolute atomic E-state index is 4.23. The molecule has 0 fully saturated rings. The summed E-state index contributed by atoms with van der Waals surface area (Å²) in [5.41, 5.74) is 0.378. The Morgan fingerprint density at radius 1 is 1.46 bits per heavy atom. The van der Waals surface area contributed by atoms with Crippen molar-refractivity contribution >= 4 is 11.3 Å². The molecule has 2 nitrogen and oxygen atoms in total. The second-order valence-corrected chi connectivity index (χ2v) is 5.39. The van der Waals surface area contributed by atoms with E-state index in [9.17, 15) is 0 Å². The molecule has 1 aromatic rings. The maximum Gasteiger partial charge on any atom is 0.0937 e. The van der Waals surface area contributed by atoms with Crippen LogP contribution in [0.5, 0.6) is 0 Å². The van der Waals surface area contributed by atoms with Crippen LogP contribution < -0.4 is 5.32 Å². The number of hydrogen-bond acceptors (Lipinski definition) is 3. The van der Waals surface area contributed by atoms with E-state index in [4.69, 9.17) is 0 Å². The van der Waals surface area contributed by atoms with Crippen LogP contribution in [0.25, 0.3) is 0 Å². The van der Waals surface area contributed by atoms with E-state index < -0.39 is 0 Å². The average Bonchev–Trinajstić information content (AvgIpc) is 2.48. The largest absolute Gasteiger partial charge is 0.316 e. The van der Waals surface area contributed by atoms with Gasteiger partial charge in [0.2, 0.25) is 0 Å². The SMILES string of the molecule is CC(C)(C)CNCCc1nccs1. The van der Waals surface area contributed by atoms with Crippen LogP contribution in [-0.2, 0) is 6.42 Å². The molecule has 0 aliphatic rings. The van der Waals surface area contributed by atoms with E-state index in [-0.39, 0.29) is 0 Å². The molecule has 1 aromatic heterocycles. The summed E-state index contributed by atoms with van der Waals surface area (Å²) in [6.45, 7) is 8.82. The van der Waals surface area contributed by atoms with E-state index in [1.54, 1.807) is 11.3 Å². The predicted molar refractivity (Wildman–Crippen MR) is 58.1 cm³/mol. The van der Waals surface area contributed by atoms with Gasteiger partial charge in [-0.2, -0.15) is 0 Å². The monoisotopic (exact) mass is 198 g/mol. The first-order valence-electron chi connectivity index (χ1n) is 4.67. The van der Waals surface area contributed by atoms with Crippen LogP contribution in [0.1, 0.15) is 25.8 Å². The van der Waals surface area contributed by atoms with Gasteiger partial charge in [0.15, 0.2) is 0 Å². The van der Waals surface area contributed by atoms with Gasteiger partial charge in [-0.1, -0.05) is 20.8 Å². The number of nitrogens with zero attached hydrogens (tertiary/aromatic N) is 1. The van der Waals surface area contributed by atoms with Crippen LogP contribution in [0, 0.1) is 5.41 Å². The zero-order chi connectivity index (χ0) is 9.73. The number of aromatic nitrogens is 1. The highest BCUT2D eigenvalue weighted by Gasteiger charge is 2.08. The smallest absolute Gasteiger partial charge is 0.0937 e. The molecule has 0 spiro atoms. The zero-order valence-electron chi connectivity index (χ0n) is 8.63. The lowest BCUT2D eigenvalue weighted by molar-refractivity contribution is 0.381. The van der Waals surface area contributed by atoms with Crippen LogP contribution in [-0.4, -0.2) is 18.1 Å². The topological polar surface area (TPSA) is 24.9 Å². The molecule has 0 amide bonds. The van der Waals surface area contributed by atoms with Gasteiger partial charge in [-0.05, 0) is 5.41 Å². The third kappa shape index (κ3) is 5.01. The first-order valence-corrected chi connectivity index (χ1v) is 5.55. The molecule has 1 rings (SSSR count). The standard InChI is InChI=1S/C10H18N2S/c1-10(2,3)8-11-5-4-9-12-6-7-13-9/h6-7,11H,4-5,8H2,1-3H3. The van der Waals surface area contributed by atoms with E-state index in [1.165, 1.54) is 5.01 Å². The third-order valence-corrected chi connectivity index (χ3v) is 2.49. The molecule has 3 heteroatoms. The third-order valence-electron chi connectivity index (χ3n) is 1.65. The van der Waals surface area contributed by atoms with Gasteiger partial charge < -0.3 is 5.32 Å². The zero-order valence-corrected chi connectivity index (χ0v) is 9.45. The van der Waals surface area contributed by atoms with Crippen LogP contribution in [0.2, 0.25) is 0 Å². The molecule has 74 valence electrons. The fourth-order valence-corrected chi connectivity index (χ4v) is 1.66. The summed E-state index contributed by atoms with van der Waals surface area (Å²) in [5, 5.41) is 6.68. The van der Waals surface area contributed by atoms with Gasteiger partial charge in [0.1, 0.15) is 0 Å². The molecule has 0 aromatic carbocycles. The summed E-state index contributed by atoms with van der Waals surface area (Å²) in [6, 6.07) is 0. The maximum atomic E-state index is 4.23. The Bertz CT molecular complexity index is 224. The number of thiazole rings is 1. The van der Waals surface area contributed by atoms with Crippen LogP contribution in [0.3, 0.4) is 0 Å². The summed E-state index contributed by atoms with van der Waals surface area (Å²) >= 11 is 1.73. The fourth-order valence-electron chi connectivity index (χ4n) is 1.04.